The Bertz CT molecular complexity index is 861. The summed E-state index contributed by atoms with van der Waals surface area (Å²) in [6.45, 7) is 1.89. The Hall–Kier alpha value is -2.60. The molecule has 1 aromatic heterocycles. The first-order chi connectivity index (χ1) is 12.2. The molecular formula is C19H16BrNO4. The number of rotatable bonds is 6. The van der Waals surface area contributed by atoms with Gasteiger partial charge in [-0.15, -0.1) is 0 Å². The van der Waals surface area contributed by atoms with Gasteiger partial charge in [-0.3, -0.25) is 0 Å². The number of hydrogen-bond acceptors (Lipinski definition) is 5. The first-order valence-corrected chi connectivity index (χ1v) is 8.56. The van der Waals surface area contributed by atoms with Gasteiger partial charge in [0.2, 0.25) is 5.89 Å². The number of benzene rings is 2. The minimum atomic E-state index is -0.422. The summed E-state index contributed by atoms with van der Waals surface area (Å²) in [5, 5.41) is 0. The molecule has 25 heavy (non-hydrogen) atoms. The average Bonchev–Trinajstić information content (AvgIpc) is 3.11. The van der Waals surface area contributed by atoms with Crippen LogP contribution in [0.25, 0.3) is 22.7 Å². The lowest BCUT2D eigenvalue weighted by molar-refractivity contribution is -0.145. The second kappa shape index (κ2) is 7.98. The highest BCUT2D eigenvalue weighted by molar-refractivity contribution is 9.10. The fraction of sp³-hybridized carbons (Fsp3) is 0.158. The molecule has 0 N–H and O–H groups in total. The van der Waals surface area contributed by atoms with E-state index in [1.54, 1.807) is 19.3 Å². The smallest absolute Gasteiger partial charge is 0.344 e. The molecule has 128 valence electrons. The number of carbonyl (C=O) groups excluding carboxylic acids is 1. The van der Waals surface area contributed by atoms with E-state index in [2.05, 4.69) is 20.9 Å². The van der Waals surface area contributed by atoms with Crippen LogP contribution in [0.5, 0.6) is 5.75 Å². The van der Waals surface area contributed by atoms with Crippen molar-refractivity contribution in [2.75, 3.05) is 13.2 Å². The fourth-order valence-electron chi connectivity index (χ4n) is 2.27. The molecule has 6 heteroatoms. The Balaban J connectivity index is 1.87. The van der Waals surface area contributed by atoms with E-state index in [1.165, 1.54) is 0 Å². The molecular weight excluding hydrogens is 386 g/mol. The van der Waals surface area contributed by atoms with Crippen LogP contribution in [0.2, 0.25) is 0 Å². The molecule has 0 aliphatic heterocycles. The number of oxazole rings is 1. The molecule has 0 aliphatic rings. The van der Waals surface area contributed by atoms with Gasteiger partial charge >= 0.3 is 5.97 Å². The normalized spacial score (nSPS) is 10.5. The molecule has 0 aliphatic carbocycles. The molecule has 2 aromatic carbocycles. The summed E-state index contributed by atoms with van der Waals surface area (Å²) in [6.07, 6.45) is 1.60. The molecule has 0 atom stereocenters. The standard InChI is InChI=1S/C19H16BrNO4/c1-2-23-18(22)12-24-17-9-8-14(20)10-15(17)19-21-16(11-25-19)13-6-4-3-5-7-13/h3-11H,2,12H2,1H3. The molecule has 0 unspecified atom stereocenters. The first kappa shape index (κ1) is 17.2. The van der Waals surface area contributed by atoms with Gasteiger partial charge in [0, 0.05) is 10.0 Å². The number of halogens is 1. The molecule has 3 aromatic rings. The highest BCUT2D eigenvalue weighted by Crippen LogP contribution is 2.33. The molecule has 3 rings (SSSR count). The zero-order valence-corrected chi connectivity index (χ0v) is 15.2. The number of ether oxygens (including phenoxy) is 2. The third kappa shape index (κ3) is 4.28. The van der Waals surface area contributed by atoms with Crippen molar-refractivity contribution in [1.82, 2.24) is 4.98 Å². The third-order valence-electron chi connectivity index (χ3n) is 3.40. The fourth-order valence-corrected chi connectivity index (χ4v) is 2.63. The zero-order valence-electron chi connectivity index (χ0n) is 13.6. The Morgan fingerprint density at radius 3 is 2.76 bits per heavy atom. The first-order valence-electron chi connectivity index (χ1n) is 7.76. The third-order valence-corrected chi connectivity index (χ3v) is 3.89. The Kier molecular flexibility index (Phi) is 5.50. The highest BCUT2D eigenvalue weighted by atomic mass is 79.9. The zero-order chi connectivity index (χ0) is 17.6. The van der Waals surface area contributed by atoms with Gasteiger partial charge in [-0.25, -0.2) is 9.78 Å². The molecule has 1 heterocycles. The largest absolute Gasteiger partial charge is 0.481 e. The molecule has 0 fully saturated rings. The summed E-state index contributed by atoms with van der Waals surface area (Å²) < 4.78 is 16.9. The molecule has 5 nitrogen and oxygen atoms in total. The van der Waals surface area contributed by atoms with Crippen LogP contribution in [-0.4, -0.2) is 24.2 Å². The maximum atomic E-state index is 11.5. The van der Waals surface area contributed by atoms with Crippen molar-refractivity contribution in [1.29, 1.82) is 0 Å². The lowest BCUT2D eigenvalue weighted by Crippen LogP contribution is -2.14. The molecule has 0 spiro atoms. The van der Waals surface area contributed by atoms with Gasteiger partial charge in [0.15, 0.2) is 6.61 Å². The van der Waals surface area contributed by atoms with E-state index in [1.807, 2.05) is 42.5 Å². The van der Waals surface area contributed by atoms with Crippen molar-refractivity contribution < 1.29 is 18.7 Å². The van der Waals surface area contributed by atoms with Gasteiger partial charge in [0.1, 0.15) is 17.7 Å². The second-order valence-corrected chi connectivity index (χ2v) is 6.05. The number of hydrogen-bond donors (Lipinski definition) is 0. The van der Waals surface area contributed by atoms with Crippen molar-refractivity contribution >= 4 is 21.9 Å². The molecule has 0 bridgehead atoms. The maximum absolute atomic E-state index is 11.5. The van der Waals surface area contributed by atoms with Crippen LogP contribution >= 0.6 is 15.9 Å². The predicted molar refractivity (Wildman–Crippen MR) is 97.2 cm³/mol. The summed E-state index contributed by atoms with van der Waals surface area (Å²) in [5.74, 6) is 0.491. The Morgan fingerprint density at radius 1 is 1.20 bits per heavy atom. The van der Waals surface area contributed by atoms with Crippen LogP contribution in [0, 0.1) is 0 Å². The number of nitrogens with zero attached hydrogens (tertiary/aromatic N) is 1. The van der Waals surface area contributed by atoms with E-state index in [0.29, 0.717) is 23.8 Å². The van der Waals surface area contributed by atoms with Crippen LogP contribution in [-0.2, 0) is 9.53 Å². The SMILES string of the molecule is CCOC(=O)COc1ccc(Br)cc1-c1nc(-c2ccccc2)co1. The molecule has 0 saturated heterocycles. The lowest BCUT2D eigenvalue weighted by Gasteiger charge is -2.09. The monoisotopic (exact) mass is 401 g/mol. The van der Waals surface area contributed by atoms with E-state index in [4.69, 9.17) is 13.9 Å². The van der Waals surface area contributed by atoms with E-state index < -0.39 is 5.97 Å². The van der Waals surface area contributed by atoms with Gasteiger partial charge < -0.3 is 13.9 Å². The van der Waals surface area contributed by atoms with E-state index in [9.17, 15) is 4.79 Å². The van der Waals surface area contributed by atoms with Crippen LogP contribution in [0.15, 0.2) is 63.7 Å². The second-order valence-electron chi connectivity index (χ2n) is 5.14. The van der Waals surface area contributed by atoms with Crippen molar-refractivity contribution in [2.24, 2.45) is 0 Å². The van der Waals surface area contributed by atoms with Crippen LogP contribution in [0.3, 0.4) is 0 Å². The summed E-state index contributed by atoms with van der Waals surface area (Å²) >= 11 is 3.43. The topological polar surface area (TPSA) is 61.6 Å². The van der Waals surface area contributed by atoms with Crippen molar-refractivity contribution in [3.8, 4) is 28.5 Å². The summed E-state index contributed by atoms with van der Waals surface area (Å²) in [7, 11) is 0. The molecule has 0 radical (unpaired) electrons. The van der Waals surface area contributed by atoms with Crippen molar-refractivity contribution in [2.45, 2.75) is 6.92 Å². The van der Waals surface area contributed by atoms with E-state index >= 15 is 0 Å². The van der Waals surface area contributed by atoms with Gasteiger partial charge in [-0.05, 0) is 25.1 Å². The van der Waals surface area contributed by atoms with Crippen molar-refractivity contribution in [3.05, 3.63) is 59.3 Å². The van der Waals surface area contributed by atoms with Gasteiger partial charge in [-0.2, -0.15) is 0 Å². The Labute approximate surface area is 153 Å². The number of aromatic nitrogens is 1. The summed E-state index contributed by atoms with van der Waals surface area (Å²) in [4.78, 5) is 16.1. The van der Waals surface area contributed by atoms with Crippen LogP contribution < -0.4 is 4.74 Å². The Morgan fingerprint density at radius 2 is 2.00 bits per heavy atom. The van der Waals surface area contributed by atoms with Crippen LogP contribution in [0.1, 0.15) is 6.92 Å². The highest BCUT2D eigenvalue weighted by Gasteiger charge is 2.15. The van der Waals surface area contributed by atoms with Gasteiger partial charge in [-0.1, -0.05) is 46.3 Å². The minimum Gasteiger partial charge on any atom is -0.481 e. The van der Waals surface area contributed by atoms with Gasteiger partial charge in [0.25, 0.3) is 0 Å². The summed E-state index contributed by atoms with van der Waals surface area (Å²) in [5.41, 5.74) is 2.34. The quantitative estimate of drug-likeness (QED) is 0.559. The average molecular weight is 402 g/mol. The summed E-state index contributed by atoms with van der Waals surface area (Å²) in [6, 6.07) is 15.2. The molecule has 0 amide bonds. The molecule has 0 saturated carbocycles. The van der Waals surface area contributed by atoms with E-state index in [-0.39, 0.29) is 6.61 Å². The maximum Gasteiger partial charge on any atom is 0.344 e. The minimum absolute atomic E-state index is 0.172. The predicted octanol–water partition coefficient (Wildman–Crippen LogP) is 4.71. The number of esters is 1. The number of carbonyl (C=O) groups is 1. The van der Waals surface area contributed by atoms with Gasteiger partial charge in [0.05, 0.1) is 12.2 Å². The van der Waals surface area contributed by atoms with Crippen molar-refractivity contribution in [3.63, 3.8) is 0 Å². The van der Waals surface area contributed by atoms with E-state index in [0.717, 1.165) is 15.7 Å². The lowest BCUT2D eigenvalue weighted by atomic mass is 10.2. The van der Waals surface area contributed by atoms with Crippen LogP contribution in [0.4, 0.5) is 0 Å².